The van der Waals surface area contributed by atoms with Gasteiger partial charge in [0.1, 0.15) is 11.4 Å². The fourth-order valence-electron chi connectivity index (χ4n) is 2.46. The first kappa shape index (κ1) is 16.5. The number of hydrogen-bond acceptors (Lipinski definition) is 5. The van der Waals surface area contributed by atoms with Crippen LogP contribution in [-0.2, 0) is 4.79 Å². The Kier molecular flexibility index (Phi) is 4.95. The Morgan fingerprint density at radius 2 is 2.36 bits per heavy atom. The first-order valence-electron chi connectivity index (χ1n) is 7.87. The van der Waals surface area contributed by atoms with Gasteiger partial charge in [0.2, 0.25) is 5.91 Å². The maximum Gasteiger partial charge on any atom is 0.230 e. The number of aliphatic imine (C=N–C) groups is 1. The van der Waals surface area contributed by atoms with Gasteiger partial charge < -0.3 is 9.64 Å². The number of carbonyl (C=O) groups is 1. The van der Waals surface area contributed by atoms with Crippen molar-refractivity contribution in [1.29, 1.82) is 0 Å². The van der Waals surface area contributed by atoms with Gasteiger partial charge in [0.05, 0.1) is 31.5 Å². The lowest BCUT2D eigenvalue weighted by Gasteiger charge is -2.18. The highest BCUT2D eigenvalue weighted by atomic mass is 16.5. The molecule has 25 heavy (non-hydrogen) atoms. The summed E-state index contributed by atoms with van der Waals surface area (Å²) in [5.41, 5.74) is 2.14. The summed E-state index contributed by atoms with van der Waals surface area (Å²) in [7, 11) is 1.74. The average Bonchev–Trinajstić information content (AvgIpc) is 2.78. The highest BCUT2D eigenvalue weighted by Gasteiger charge is 2.19. The zero-order valence-corrected chi connectivity index (χ0v) is 14.0. The molecule has 2 aliphatic heterocycles. The van der Waals surface area contributed by atoms with Crippen molar-refractivity contribution in [1.82, 2.24) is 5.01 Å². The molecule has 0 atom stereocenters. The highest BCUT2D eigenvalue weighted by molar-refractivity contribution is 5.95. The summed E-state index contributed by atoms with van der Waals surface area (Å²) in [5.74, 6) is 6.87. The molecule has 0 unspecified atom stereocenters. The summed E-state index contributed by atoms with van der Waals surface area (Å²) < 4.78 is 5.62. The fraction of sp³-hybridized carbons (Fsp3) is 0.211. The van der Waals surface area contributed by atoms with Crippen LogP contribution in [0.4, 0.5) is 5.69 Å². The van der Waals surface area contributed by atoms with Gasteiger partial charge in [-0.25, -0.2) is 0 Å². The molecule has 0 aliphatic carbocycles. The number of ether oxygens (including phenoxy) is 1. The lowest BCUT2D eigenvalue weighted by molar-refractivity contribution is -0.118. The minimum atomic E-state index is 0.0229. The van der Waals surface area contributed by atoms with Crippen LogP contribution in [0.25, 0.3) is 0 Å². The number of hydrazone groups is 1. The Labute approximate surface area is 146 Å². The van der Waals surface area contributed by atoms with E-state index in [0.717, 1.165) is 11.3 Å². The summed E-state index contributed by atoms with van der Waals surface area (Å²) >= 11 is 0. The predicted octanol–water partition coefficient (Wildman–Crippen LogP) is 2.18. The van der Waals surface area contributed by atoms with Crippen LogP contribution < -0.4 is 9.64 Å². The number of nitrogens with zero attached hydrogens (tertiary/aromatic N) is 4. The molecule has 0 spiro atoms. The zero-order valence-electron chi connectivity index (χ0n) is 14.0. The molecule has 0 fully saturated rings. The number of fused-ring (bicyclic) bond motifs is 1. The third kappa shape index (κ3) is 3.78. The largest absolute Gasteiger partial charge is 0.491 e. The quantitative estimate of drug-likeness (QED) is 0.615. The Balaban J connectivity index is 1.89. The first-order valence-corrected chi connectivity index (χ1v) is 7.87. The van der Waals surface area contributed by atoms with Crippen molar-refractivity contribution in [2.45, 2.75) is 6.42 Å². The molecule has 1 aromatic rings. The van der Waals surface area contributed by atoms with E-state index in [1.807, 2.05) is 30.4 Å². The molecule has 6 nitrogen and oxygen atoms in total. The molecule has 0 saturated carbocycles. The lowest BCUT2D eigenvalue weighted by Crippen LogP contribution is -2.25. The molecule has 0 N–H and O–H groups in total. The van der Waals surface area contributed by atoms with Crippen LogP contribution in [0.15, 0.2) is 52.3 Å². The van der Waals surface area contributed by atoms with E-state index in [9.17, 15) is 4.79 Å². The molecule has 0 radical (unpaired) electrons. The minimum Gasteiger partial charge on any atom is -0.491 e. The second kappa shape index (κ2) is 7.49. The Morgan fingerprint density at radius 1 is 1.48 bits per heavy atom. The molecule has 1 amide bonds. The molecule has 0 bridgehead atoms. The van der Waals surface area contributed by atoms with Crippen molar-refractivity contribution in [3.63, 3.8) is 0 Å². The van der Waals surface area contributed by atoms with E-state index in [2.05, 4.69) is 28.7 Å². The Bertz CT molecular complexity index is 843. The smallest absolute Gasteiger partial charge is 0.230 e. The van der Waals surface area contributed by atoms with Crippen molar-refractivity contribution < 1.29 is 9.53 Å². The summed E-state index contributed by atoms with van der Waals surface area (Å²) in [4.78, 5) is 17.4. The number of rotatable bonds is 2. The van der Waals surface area contributed by atoms with Gasteiger partial charge in [-0.1, -0.05) is 12.0 Å². The van der Waals surface area contributed by atoms with E-state index in [4.69, 9.17) is 4.74 Å². The number of hydrogen-bond donors (Lipinski definition) is 0. The maximum atomic E-state index is 12.0. The third-order valence-electron chi connectivity index (χ3n) is 3.80. The summed E-state index contributed by atoms with van der Waals surface area (Å²) in [6, 6.07) is 5.56. The first-order chi connectivity index (χ1) is 12.2. The van der Waals surface area contributed by atoms with Crippen LogP contribution in [0.1, 0.15) is 12.0 Å². The average molecular weight is 334 g/mol. The van der Waals surface area contributed by atoms with Crippen molar-refractivity contribution in [2.75, 3.05) is 25.1 Å². The summed E-state index contributed by atoms with van der Waals surface area (Å²) in [6.45, 7) is 4.50. The van der Waals surface area contributed by atoms with Crippen molar-refractivity contribution in [2.24, 2.45) is 10.1 Å². The van der Waals surface area contributed by atoms with Crippen LogP contribution in [0.3, 0.4) is 0 Å². The van der Waals surface area contributed by atoms with Gasteiger partial charge in [-0.2, -0.15) is 5.10 Å². The third-order valence-corrected chi connectivity index (χ3v) is 3.80. The summed E-state index contributed by atoms with van der Waals surface area (Å²) in [6.07, 6.45) is 7.49. The van der Waals surface area contributed by atoms with E-state index >= 15 is 0 Å². The lowest BCUT2D eigenvalue weighted by atomic mass is 10.1. The molecule has 2 aliphatic rings. The van der Waals surface area contributed by atoms with Crippen molar-refractivity contribution in [3.8, 4) is 17.6 Å². The monoisotopic (exact) mass is 334 g/mol. The van der Waals surface area contributed by atoms with Crippen LogP contribution in [0.5, 0.6) is 5.75 Å². The normalized spacial score (nSPS) is 16.5. The number of anilines is 1. The van der Waals surface area contributed by atoms with E-state index in [0.29, 0.717) is 31.0 Å². The van der Waals surface area contributed by atoms with Gasteiger partial charge >= 0.3 is 0 Å². The zero-order chi connectivity index (χ0) is 17.6. The molecule has 6 heteroatoms. The molecular weight excluding hydrogens is 316 g/mol. The number of carbonyl (C=O) groups excluding carboxylic acids is 1. The topological polar surface area (TPSA) is 57.5 Å². The molecular formula is C19H18N4O2. The van der Waals surface area contributed by atoms with Crippen LogP contribution in [0, 0.1) is 11.8 Å². The highest BCUT2D eigenvalue weighted by Crippen LogP contribution is 2.31. The second-order valence-corrected chi connectivity index (χ2v) is 5.46. The SMILES string of the molecule is C=N/C=C(/C#Cc1ccc2c(c1)N(C)C(=O)CCO2)N1CC=CC=N1. The van der Waals surface area contributed by atoms with Gasteiger partial charge in [0.15, 0.2) is 0 Å². The van der Waals surface area contributed by atoms with Crippen LogP contribution in [0.2, 0.25) is 0 Å². The van der Waals surface area contributed by atoms with Gasteiger partial charge in [0.25, 0.3) is 0 Å². The van der Waals surface area contributed by atoms with Gasteiger partial charge in [-0.05, 0) is 36.9 Å². The van der Waals surface area contributed by atoms with Gasteiger partial charge in [0, 0.05) is 18.8 Å². The van der Waals surface area contributed by atoms with Crippen molar-refractivity contribution in [3.05, 3.63) is 47.8 Å². The van der Waals surface area contributed by atoms with E-state index in [1.165, 1.54) is 0 Å². The number of amides is 1. The maximum absolute atomic E-state index is 12.0. The van der Waals surface area contributed by atoms with Crippen LogP contribution >= 0.6 is 0 Å². The second-order valence-electron chi connectivity index (χ2n) is 5.46. The molecule has 0 saturated heterocycles. The molecule has 3 rings (SSSR count). The van der Waals surface area contributed by atoms with E-state index in [-0.39, 0.29) is 5.91 Å². The van der Waals surface area contributed by atoms with Gasteiger partial charge in [-0.15, -0.1) is 0 Å². The minimum absolute atomic E-state index is 0.0229. The number of allylic oxidation sites excluding steroid dienone is 2. The molecule has 126 valence electrons. The fourth-order valence-corrected chi connectivity index (χ4v) is 2.46. The standard InChI is InChI=1S/C19H18N4O2/c1-20-14-16(23-11-4-3-10-21-23)7-5-15-6-8-18-17(13-15)22(2)19(24)9-12-25-18/h3-4,6,8,10,13-14H,1,9,11-12H2,2H3/b16-14-. The van der Waals surface area contributed by atoms with Gasteiger partial charge in [-0.3, -0.25) is 14.8 Å². The summed E-state index contributed by atoms with van der Waals surface area (Å²) in [5, 5.41) is 6.00. The van der Waals surface area contributed by atoms with E-state index < -0.39 is 0 Å². The van der Waals surface area contributed by atoms with E-state index in [1.54, 1.807) is 29.4 Å². The predicted molar refractivity (Wildman–Crippen MR) is 98.8 cm³/mol. The molecule has 2 heterocycles. The Hall–Kier alpha value is -3.33. The number of benzene rings is 1. The van der Waals surface area contributed by atoms with Crippen molar-refractivity contribution >= 4 is 24.5 Å². The molecule has 0 aromatic heterocycles. The molecule has 1 aromatic carbocycles. The Morgan fingerprint density at radius 3 is 3.12 bits per heavy atom. The van der Waals surface area contributed by atoms with Crippen LogP contribution in [-0.4, -0.2) is 44.0 Å².